The molecule has 3 rings (SSSR count). The second-order valence-corrected chi connectivity index (χ2v) is 4.40. The maximum atomic E-state index is 12.1. The highest BCUT2D eigenvalue weighted by Gasteiger charge is 2.27. The van der Waals surface area contributed by atoms with E-state index in [9.17, 15) is 4.79 Å². The fourth-order valence-electron chi connectivity index (χ4n) is 2.20. The third kappa shape index (κ3) is 1.84. The van der Waals surface area contributed by atoms with Gasteiger partial charge in [-0.05, 0) is 23.8 Å². The summed E-state index contributed by atoms with van der Waals surface area (Å²) < 4.78 is 5.87. The van der Waals surface area contributed by atoms with Gasteiger partial charge in [-0.1, -0.05) is 30.3 Å². The summed E-state index contributed by atoms with van der Waals surface area (Å²) in [5, 5.41) is 0. The molecule has 1 atom stereocenters. The fourth-order valence-corrected chi connectivity index (χ4v) is 2.20. The molecule has 0 spiro atoms. The number of hydrogen-bond acceptors (Lipinski definition) is 3. The van der Waals surface area contributed by atoms with Crippen LogP contribution in [0.3, 0.4) is 0 Å². The van der Waals surface area contributed by atoms with Crippen molar-refractivity contribution in [2.45, 2.75) is 12.5 Å². The standard InChI is InChI=1S/C15H13NO2/c16-11-6-7-14-12(8-11)13(17)9-15(18-14)10-4-2-1-3-5-10/h1-8,15H,9,16H2. The summed E-state index contributed by atoms with van der Waals surface area (Å²) in [7, 11) is 0. The SMILES string of the molecule is Nc1ccc2c(c1)C(=O)CC(c1ccccc1)O2. The number of ether oxygens (including phenoxy) is 1. The minimum atomic E-state index is -0.199. The van der Waals surface area contributed by atoms with Gasteiger partial charge in [0, 0.05) is 5.69 Å². The van der Waals surface area contributed by atoms with Gasteiger partial charge in [0.25, 0.3) is 0 Å². The van der Waals surface area contributed by atoms with Crippen LogP contribution in [0.4, 0.5) is 5.69 Å². The van der Waals surface area contributed by atoms with Crippen LogP contribution in [-0.2, 0) is 0 Å². The molecule has 18 heavy (non-hydrogen) atoms. The molecular weight excluding hydrogens is 226 g/mol. The molecule has 1 aliphatic rings. The lowest BCUT2D eigenvalue weighted by Crippen LogP contribution is -2.20. The lowest BCUT2D eigenvalue weighted by atomic mass is 9.96. The number of ketones is 1. The third-order valence-electron chi connectivity index (χ3n) is 3.12. The van der Waals surface area contributed by atoms with Gasteiger partial charge in [0.2, 0.25) is 0 Å². The van der Waals surface area contributed by atoms with E-state index in [1.807, 2.05) is 30.3 Å². The molecule has 90 valence electrons. The normalized spacial score (nSPS) is 18.0. The zero-order valence-corrected chi connectivity index (χ0v) is 9.80. The number of benzene rings is 2. The van der Waals surface area contributed by atoms with E-state index in [-0.39, 0.29) is 11.9 Å². The monoisotopic (exact) mass is 239 g/mol. The van der Waals surface area contributed by atoms with Crippen molar-refractivity contribution in [3.63, 3.8) is 0 Å². The van der Waals surface area contributed by atoms with Crippen molar-refractivity contribution < 1.29 is 9.53 Å². The molecular formula is C15H13NO2. The Labute approximate surface area is 105 Å². The number of Topliss-reactive ketones (excluding diaryl/α,β-unsaturated/α-hetero) is 1. The Kier molecular flexibility index (Phi) is 2.52. The molecule has 3 heteroatoms. The Balaban J connectivity index is 1.97. The number of fused-ring (bicyclic) bond motifs is 1. The van der Waals surface area contributed by atoms with E-state index >= 15 is 0 Å². The fraction of sp³-hybridized carbons (Fsp3) is 0.133. The van der Waals surface area contributed by atoms with Crippen LogP contribution in [-0.4, -0.2) is 5.78 Å². The molecule has 0 fully saturated rings. The van der Waals surface area contributed by atoms with Crippen LogP contribution in [0.1, 0.15) is 28.4 Å². The van der Waals surface area contributed by atoms with Gasteiger partial charge < -0.3 is 10.5 Å². The molecule has 0 saturated heterocycles. The number of hydrogen-bond donors (Lipinski definition) is 1. The quantitative estimate of drug-likeness (QED) is 0.778. The first-order valence-electron chi connectivity index (χ1n) is 5.88. The lowest BCUT2D eigenvalue weighted by Gasteiger charge is -2.25. The molecule has 0 aliphatic carbocycles. The number of nitrogen functional groups attached to an aromatic ring is 1. The predicted octanol–water partition coefficient (Wildman–Crippen LogP) is 2.98. The van der Waals surface area contributed by atoms with Gasteiger partial charge in [-0.15, -0.1) is 0 Å². The maximum Gasteiger partial charge on any atom is 0.170 e. The molecule has 3 nitrogen and oxygen atoms in total. The average Bonchev–Trinajstić information content (AvgIpc) is 2.40. The maximum absolute atomic E-state index is 12.1. The van der Waals surface area contributed by atoms with Gasteiger partial charge in [0.05, 0.1) is 12.0 Å². The van der Waals surface area contributed by atoms with Crippen molar-refractivity contribution >= 4 is 11.5 Å². The summed E-state index contributed by atoms with van der Waals surface area (Å²) in [5.74, 6) is 0.701. The topological polar surface area (TPSA) is 52.3 Å². The Morgan fingerprint density at radius 1 is 1.11 bits per heavy atom. The van der Waals surface area contributed by atoms with Crippen molar-refractivity contribution in [2.75, 3.05) is 5.73 Å². The number of anilines is 1. The number of rotatable bonds is 1. The summed E-state index contributed by atoms with van der Waals surface area (Å²) >= 11 is 0. The van der Waals surface area contributed by atoms with E-state index in [4.69, 9.17) is 10.5 Å². The van der Waals surface area contributed by atoms with Crippen molar-refractivity contribution in [3.05, 3.63) is 59.7 Å². The van der Waals surface area contributed by atoms with Crippen molar-refractivity contribution in [2.24, 2.45) is 0 Å². The van der Waals surface area contributed by atoms with Crippen molar-refractivity contribution in [1.82, 2.24) is 0 Å². The number of nitrogens with two attached hydrogens (primary N) is 1. The van der Waals surface area contributed by atoms with Gasteiger partial charge in [-0.25, -0.2) is 0 Å². The molecule has 2 aromatic rings. The van der Waals surface area contributed by atoms with Crippen LogP contribution in [0.5, 0.6) is 5.75 Å². The van der Waals surface area contributed by atoms with Crippen molar-refractivity contribution in [1.29, 1.82) is 0 Å². The molecule has 0 amide bonds. The minimum Gasteiger partial charge on any atom is -0.484 e. The number of carbonyl (C=O) groups excluding carboxylic acids is 1. The Morgan fingerprint density at radius 3 is 2.67 bits per heavy atom. The van der Waals surface area contributed by atoms with Gasteiger partial charge in [0.15, 0.2) is 5.78 Å². The summed E-state index contributed by atoms with van der Waals surface area (Å²) in [4.78, 5) is 12.1. The molecule has 2 N–H and O–H groups in total. The van der Waals surface area contributed by atoms with Crippen molar-refractivity contribution in [3.8, 4) is 5.75 Å². The van der Waals surface area contributed by atoms with Crippen LogP contribution >= 0.6 is 0 Å². The van der Waals surface area contributed by atoms with Crippen LogP contribution < -0.4 is 10.5 Å². The highest BCUT2D eigenvalue weighted by Crippen LogP contribution is 2.35. The van der Waals surface area contributed by atoms with Gasteiger partial charge >= 0.3 is 0 Å². The van der Waals surface area contributed by atoms with Crippen LogP contribution in [0, 0.1) is 0 Å². The zero-order valence-electron chi connectivity index (χ0n) is 9.80. The van der Waals surface area contributed by atoms with Crippen LogP contribution in [0.15, 0.2) is 48.5 Å². The largest absolute Gasteiger partial charge is 0.484 e. The second kappa shape index (κ2) is 4.18. The molecule has 1 aliphatic heterocycles. The van der Waals surface area contributed by atoms with E-state index in [1.54, 1.807) is 18.2 Å². The van der Waals surface area contributed by atoms with Crippen LogP contribution in [0.2, 0.25) is 0 Å². The third-order valence-corrected chi connectivity index (χ3v) is 3.12. The van der Waals surface area contributed by atoms with Gasteiger partial charge in [0.1, 0.15) is 11.9 Å². The highest BCUT2D eigenvalue weighted by molar-refractivity contribution is 6.00. The van der Waals surface area contributed by atoms with Gasteiger partial charge in [-0.2, -0.15) is 0 Å². The lowest BCUT2D eigenvalue weighted by molar-refractivity contribution is 0.0850. The summed E-state index contributed by atoms with van der Waals surface area (Å²) in [5.41, 5.74) is 7.88. The average molecular weight is 239 g/mol. The van der Waals surface area contributed by atoms with E-state index < -0.39 is 0 Å². The van der Waals surface area contributed by atoms with E-state index in [0.29, 0.717) is 23.4 Å². The molecule has 0 bridgehead atoms. The molecule has 0 saturated carbocycles. The molecule has 0 radical (unpaired) electrons. The molecule has 1 unspecified atom stereocenters. The second-order valence-electron chi connectivity index (χ2n) is 4.40. The summed E-state index contributed by atoms with van der Waals surface area (Å²) in [6.07, 6.45) is 0.162. The number of carbonyl (C=O) groups is 1. The first-order valence-corrected chi connectivity index (χ1v) is 5.88. The minimum absolute atomic E-state index is 0.0809. The predicted molar refractivity (Wildman–Crippen MR) is 69.6 cm³/mol. The zero-order chi connectivity index (χ0) is 12.5. The first-order chi connectivity index (χ1) is 8.74. The Bertz CT molecular complexity index is 593. The summed E-state index contributed by atoms with van der Waals surface area (Å²) in [6.45, 7) is 0. The highest BCUT2D eigenvalue weighted by atomic mass is 16.5. The van der Waals surface area contributed by atoms with E-state index in [2.05, 4.69) is 0 Å². The molecule has 0 aromatic heterocycles. The summed E-state index contributed by atoms with van der Waals surface area (Å²) in [6, 6.07) is 15.0. The van der Waals surface area contributed by atoms with E-state index in [0.717, 1.165) is 5.56 Å². The first kappa shape index (κ1) is 10.8. The van der Waals surface area contributed by atoms with Gasteiger partial charge in [-0.3, -0.25) is 4.79 Å². The smallest absolute Gasteiger partial charge is 0.170 e. The molecule has 1 heterocycles. The molecule has 2 aromatic carbocycles. The van der Waals surface area contributed by atoms with E-state index in [1.165, 1.54) is 0 Å². The van der Waals surface area contributed by atoms with Crippen LogP contribution in [0.25, 0.3) is 0 Å². The Hall–Kier alpha value is -2.29. The Morgan fingerprint density at radius 2 is 1.89 bits per heavy atom.